The highest BCUT2D eigenvalue weighted by Crippen LogP contribution is 2.31. The molecule has 0 aromatic heterocycles. The number of carbonyl (C=O) groups is 2. The third kappa shape index (κ3) is 4.36. The van der Waals surface area contributed by atoms with Crippen molar-refractivity contribution in [1.29, 1.82) is 0 Å². The molecule has 6 nitrogen and oxygen atoms in total. The monoisotopic (exact) mass is 452 g/mol. The fourth-order valence-electron chi connectivity index (χ4n) is 4.17. The molecular formula is C25H25ClN2O4. The molecule has 0 aliphatic carbocycles. The highest BCUT2D eigenvalue weighted by atomic mass is 35.5. The van der Waals surface area contributed by atoms with Crippen LogP contribution in [0.3, 0.4) is 0 Å². The first-order chi connectivity index (χ1) is 15.5. The third-order valence-electron chi connectivity index (χ3n) is 5.83. The first kappa shape index (κ1) is 22.0. The van der Waals surface area contributed by atoms with E-state index in [1.54, 1.807) is 43.4 Å². The van der Waals surface area contributed by atoms with Crippen molar-refractivity contribution in [3.05, 3.63) is 65.2 Å². The maximum absolute atomic E-state index is 13.4. The zero-order valence-corrected chi connectivity index (χ0v) is 18.8. The van der Waals surface area contributed by atoms with Crippen LogP contribution in [-0.2, 0) is 4.79 Å². The lowest BCUT2D eigenvalue weighted by molar-refractivity contribution is -0.121. The predicted molar refractivity (Wildman–Crippen MR) is 126 cm³/mol. The maximum atomic E-state index is 13.4. The molecule has 3 aromatic carbocycles. The van der Waals surface area contributed by atoms with Crippen molar-refractivity contribution in [2.24, 2.45) is 5.92 Å². The molecule has 4 rings (SSSR count). The van der Waals surface area contributed by atoms with Gasteiger partial charge in [0.25, 0.3) is 5.91 Å². The summed E-state index contributed by atoms with van der Waals surface area (Å²) in [4.78, 5) is 28.0. The molecule has 2 amide bonds. The zero-order valence-electron chi connectivity index (χ0n) is 18.1. The van der Waals surface area contributed by atoms with E-state index in [4.69, 9.17) is 21.1 Å². The van der Waals surface area contributed by atoms with Crippen LogP contribution in [-0.4, -0.2) is 44.0 Å². The summed E-state index contributed by atoms with van der Waals surface area (Å²) < 4.78 is 10.6. The van der Waals surface area contributed by atoms with Gasteiger partial charge >= 0.3 is 0 Å². The lowest BCUT2D eigenvalue weighted by atomic mass is 9.95. The molecule has 1 atom stereocenters. The van der Waals surface area contributed by atoms with Gasteiger partial charge in [0, 0.05) is 29.7 Å². The SMILES string of the molecule is COc1ccc(NC(=O)C2CCCN(C(=O)c3ccc(OC)c4ccccc34)C2)cc1Cl. The fraction of sp³-hybridized carbons (Fsp3) is 0.280. The summed E-state index contributed by atoms with van der Waals surface area (Å²) in [6, 6.07) is 16.4. The standard InChI is InChI=1S/C25H25ClN2O4/c1-31-22-12-10-20(18-7-3-4-8-19(18)22)25(30)28-13-5-6-16(15-28)24(29)27-17-9-11-23(32-2)21(26)14-17/h3-4,7-12,14,16H,5-6,13,15H2,1-2H3,(H,27,29). The van der Waals surface area contributed by atoms with Gasteiger partial charge in [-0.1, -0.05) is 35.9 Å². The summed E-state index contributed by atoms with van der Waals surface area (Å²) in [5, 5.41) is 5.08. The first-order valence-corrected chi connectivity index (χ1v) is 10.9. The molecule has 1 aliphatic rings. The number of amides is 2. The number of methoxy groups -OCH3 is 2. The normalized spacial score (nSPS) is 16.0. The highest BCUT2D eigenvalue weighted by Gasteiger charge is 2.30. The van der Waals surface area contributed by atoms with Gasteiger partial charge in [-0.15, -0.1) is 0 Å². The summed E-state index contributed by atoms with van der Waals surface area (Å²) in [5.74, 6) is 0.785. The Kier molecular flexibility index (Phi) is 6.51. The van der Waals surface area contributed by atoms with Crippen LogP contribution in [0.4, 0.5) is 5.69 Å². The number of ether oxygens (including phenoxy) is 2. The largest absolute Gasteiger partial charge is 0.496 e. The van der Waals surface area contributed by atoms with Crippen LogP contribution in [0.2, 0.25) is 5.02 Å². The number of rotatable bonds is 5. The first-order valence-electron chi connectivity index (χ1n) is 10.5. The molecule has 0 saturated carbocycles. The summed E-state index contributed by atoms with van der Waals surface area (Å²) in [5.41, 5.74) is 1.22. The van der Waals surface area contributed by atoms with Gasteiger partial charge in [-0.2, -0.15) is 0 Å². The van der Waals surface area contributed by atoms with Gasteiger partial charge < -0.3 is 19.7 Å². The molecule has 0 bridgehead atoms. The molecule has 1 unspecified atom stereocenters. The van der Waals surface area contributed by atoms with Gasteiger partial charge in [0.05, 0.1) is 25.2 Å². The zero-order chi connectivity index (χ0) is 22.7. The minimum Gasteiger partial charge on any atom is -0.496 e. The van der Waals surface area contributed by atoms with E-state index in [0.29, 0.717) is 35.1 Å². The summed E-state index contributed by atoms with van der Waals surface area (Å²) in [6.07, 6.45) is 1.49. The quantitative estimate of drug-likeness (QED) is 0.591. The number of nitrogens with one attached hydrogen (secondary N) is 1. The van der Waals surface area contributed by atoms with E-state index < -0.39 is 0 Å². The minimum atomic E-state index is -0.293. The number of hydrogen-bond acceptors (Lipinski definition) is 4. The molecule has 3 aromatic rings. The van der Waals surface area contributed by atoms with Crippen LogP contribution in [0.5, 0.6) is 11.5 Å². The number of halogens is 1. The molecule has 7 heteroatoms. The molecule has 1 fully saturated rings. The van der Waals surface area contributed by atoms with E-state index in [2.05, 4.69) is 5.32 Å². The Labute approximate surface area is 192 Å². The predicted octanol–water partition coefficient (Wildman–Crippen LogP) is 5.00. The van der Waals surface area contributed by atoms with Crippen molar-refractivity contribution in [1.82, 2.24) is 4.90 Å². The lowest BCUT2D eigenvalue weighted by Gasteiger charge is -2.32. The van der Waals surface area contributed by atoms with Crippen molar-refractivity contribution in [2.75, 3.05) is 32.6 Å². The summed E-state index contributed by atoms with van der Waals surface area (Å²) in [6.45, 7) is 0.992. The Bertz CT molecular complexity index is 1160. The van der Waals surface area contributed by atoms with Crippen molar-refractivity contribution in [3.8, 4) is 11.5 Å². The van der Waals surface area contributed by atoms with Gasteiger partial charge in [-0.3, -0.25) is 9.59 Å². The van der Waals surface area contributed by atoms with Crippen molar-refractivity contribution < 1.29 is 19.1 Å². The topological polar surface area (TPSA) is 67.9 Å². The molecule has 1 N–H and O–H groups in total. The highest BCUT2D eigenvalue weighted by molar-refractivity contribution is 6.32. The number of carbonyl (C=O) groups excluding carboxylic acids is 2. The number of benzene rings is 3. The van der Waals surface area contributed by atoms with E-state index >= 15 is 0 Å². The van der Waals surface area contributed by atoms with Gasteiger partial charge in [0.15, 0.2) is 0 Å². The van der Waals surface area contributed by atoms with E-state index in [0.717, 1.165) is 29.4 Å². The Balaban J connectivity index is 1.50. The molecule has 0 spiro atoms. The Morgan fingerprint density at radius 2 is 1.72 bits per heavy atom. The van der Waals surface area contributed by atoms with Gasteiger partial charge in [0.2, 0.25) is 5.91 Å². The van der Waals surface area contributed by atoms with E-state index in [1.165, 1.54) is 0 Å². The molecule has 0 radical (unpaired) electrons. The van der Waals surface area contributed by atoms with Gasteiger partial charge in [-0.05, 0) is 48.6 Å². The smallest absolute Gasteiger partial charge is 0.254 e. The van der Waals surface area contributed by atoms with Crippen LogP contribution >= 0.6 is 11.6 Å². The third-order valence-corrected chi connectivity index (χ3v) is 6.13. The second-order valence-corrected chi connectivity index (χ2v) is 8.20. The summed E-state index contributed by atoms with van der Waals surface area (Å²) >= 11 is 6.16. The Morgan fingerprint density at radius 3 is 2.44 bits per heavy atom. The Hall–Kier alpha value is -3.25. The number of likely N-dealkylation sites (tertiary alicyclic amines) is 1. The summed E-state index contributed by atoms with van der Waals surface area (Å²) in [7, 11) is 3.16. The van der Waals surface area contributed by atoms with E-state index in [1.807, 2.05) is 30.3 Å². The molecule has 1 heterocycles. The Morgan fingerprint density at radius 1 is 1.00 bits per heavy atom. The molecular weight excluding hydrogens is 428 g/mol. The van der Waals surface area contributed by atoms with Crippen molar-refractivity contribution in [2.45, 2.75) is 12.8 Å². The second-order valence-electron chi connectivity index (χ2n) is 7.79. The average Bonchev–Trinajstić information content (AvgIpc) is 2.83. The molecule has 166 valence electrons. The van der Waals surface area contributed by atoms with Crippen LogP contribution in [0.1, 0.15) is 23.2 Å². The van der Waals surface area contributed by atoms with E-state index in [-0.39, 0.29) is 17.7 Å². The number of anilines is 1. The number of nitrogens with zero attached hydrogens (tertiary/aromatic N) is 1. The second kappa shape index (κ2) is 9.49. The number of fused-ring (bicyclic) bond motifs is 1. The van der Waals surface area contributed by atoms with Crippen molar-refractivity contribution >= 4 is 39.9 Å². The van der Waals surface area contributed by atoms with Crippen LogP contribution in [0, 0.1) is 5.92 Å². The lowest BCUT2D eigenvalue weighted by Crippen LogP contribution is -2.43. The van der Waals surface area contributed by atoms with Crippen LogP contribution < -0.4 is 14.8 Å². The van der Waals surface area contributed by atoms with Crippen molar-refractivity contribution in [3.63, 3.8) is 0 Å². The fourth-order valence-corrected chi connectivity index (χ4v) is 4.43. The molecule has 32 heavy (non-hydrogen) atoms. The number of hydrogen-bond donors (Lipinski definition) is 1. The van der Waals surface area contributed by atoms with Gasteiger partial charge in [0.1, 0.15) is 11.5 Å². The molecule has 1 aliphatic heterocycles. The van der Waals surface area contributed by atoms with Crippen LogP contribution in [0.15, 0.2) is 54.6 Å². The van der Waals surface area contributed by atoms with E-state index in [9.17, 15) is 9.59 Å². The average molecular weight is 453 g/mol. The maximum Gasteiger partial charge on any atom is 0.254 e. The molecule has 1 saturated heterocycles. The van der Waals surface area contributed by atoms with Crippen LogP contribution in [0.25, 0.3) is 10.8 Å². The van der Waals surface area contributed by atoms with Gasteiger partial charge in [-0.25, -0.2) is 0 Å². The minimum absolute atomic E-state index is 0.0751. The number of piperidine rings is 1.